The number of nitrogens with two attached hydrogens (primary N) is 1. The van der Waals surface area contributed by atoms with Crippen LogP contribution in [0.15, 0.2) is 54.6 Å². The van der Waals surface area contributed by atoms with Crippen molar-refractivity contribution in [2.75, 3.05) is 13.1 Å². The fourth-order valence-electron chi connectivity index (χ4n) is 3.87. The van der Waals surface area contributed by atoms with Gasteiger partial charge in [0.1, 0.15) is 5.82 Å². The molecule has 1 amide bonds. The highest BCUT2D eigenvalue weighted by Crippen LogP contribution is 2.23. The van der Waals surface area contributed by atoms with Gasteiger partial charge in [0.25, 0.3) is 10.2 Å². The molecular weight excluding hydrogens is 402 g/mol. The third kappa shape index (κ3) is 4.69. The smallest absolute Gasteiger partial charge is 0.276 e. The zero-order valence-electron chi connectivity index (χ0n) is 16.5. The van der Waals surface area contributed by atoms with E-state index in [1.807, 2.05) is 54.6 Å². The number of carbonyl (C=O) groups excluding carboxylic acids is 1. The van der Waals surface area contributed by atoms with E-state index in [0.717, 1.165) is 16.6 Å². The van der Waals surface area contributed by atoms with Gasteiger partial charge in [0, 0.05) is 19.0 Å². The number of piperidine rings is 1. The minimum absolute atomic E-state index is 0.0922. The molecule has 3 aromatic rings. The number of hydrogen-bond donors (Lipinski definition) is 3. The first-order valence-electron chi connectivity index (χ1n) is 9.97. The Kier molecular flexibility index (Phi) is 5.85. The number of rotatable bonds is 6. The van der Waals surface area contributed by atoms with Gasteiger partial charge in [-0.05, 0) is 37.0 Å². The van der Waals surface area contributed by atoms with E-state index < -0.39 is 10.2 Å². The molecule has 0 radical (unpaired) electrons. The van der Waals surface area contributed by atoms with E-state index in [2.05, 4.69) is 15.3 Å². The molecule has 0 saturated carbocycles. The highest BCUT2D eigenvalue weighted by molar-refractivity contribution is 7.86. The molecule has 0 unspecified atom stereocenters. The minimum Gasteiger partial charge on any atom is -0.346 e. The van der Waals surface area contributed by atoms with Crippen molar-refractivity contribution in [3.8, 4) is 0 Å². The van der Waals surface area contributed by atoms with Gasteiger partial charge in [0.05, 0.1) is 17.1 Å². The molecule has 0 bridgehead atoms. The molecule has 0 spiro atoms. The van der Waals surface area contributed by atoms with E-state index in [4.69, 9.17) is 5.14 Å². The summed E-state index contributed by atoms with van der Waals surface area (Å²) < 4.78 is 24.2. The van der Waals surface area contributed by atoms with Crippen LogP contribution in [0.1, 0.15) is 30.3 Å². The van der Waals surface area contributed by atoms with Crippen molar-refractivity contribution in [3.63, 3.8) is 0 Å². The Morgan fingerprint density at radius 3 is 2.47 bits per heavy atom. The standard InChI is InChI=1S/C21H25N5O3S/c22-30(28,29)26-12-10-16(11-13-26)21(27)25-19(14-15-6-2-1-3-7-15)20-23-17-8-4-5-9-18(17)24-20/h1-9,16,19H,10-14H2,(H,23,24)(H,25,27)(H2,22,28,29)/t19-/m0/s1. The summed E-state index contributed by atoms with van der Waals surface area (Å²) in [5.74, 6) is 0.353. The number of amides is 1. The summed E-state index contributed by atoms with van der Waals surface area (Å²) in [5, 5.41) is 8.33. The van der Waals surface area contributed by atoms with Crippen LogP contribution < -0.4 is 10.5 Å². The second-order valence-corrected chi connectivity index (χ2v) is 9.15. The Labute approximate surface area is 175 Å². The SMILES string of the molecule is NS(=O)(=O)N1CCC(C(=O)N[C@@H](Cc2ccccc2)c2nc3ccccc3[nH]2)CC1. The van der Waals surface area contributed by atoms with Crippen molar-refractivity contribution in [1.29, 1.82) is 0 Å². The molecule has 1 aliphatic heterocycles. The van der Waals surface area contributed by atoms with E-state index in [9.17, 15) is 13.2 Å². The van der Waals surface area contributed by atoms with Crippen LogP contribution in [0, 0.1) is 5.92 Å². The summed E-state index contributed by atoms with van der Waals surface area (Å²) in [6.45, 7) is 0.510. The Balaban J connectivity index is 1.52. The van der Waals surface area contributed by atoms with E-state index in [1.54, 1.807) is 0 Å². The summed E-state index contributed by atoms with van der Waals surface area (Å²) in [4.78, 5) is 21.0. The van der Waals surface area contributed by atoms with Crippen molar-refractivity contribution < 1.29 is 13.2 Å². The quantitative estimate of drug-likeness (QED) is 0.556. The van der Waals surface area contributed by atoms with Gasteiger partial charge >= 0.3 is 0 Å². The largest absolute Gasteiger partial charge is 0.346 e. The summed E-state index contributed by atoms with van der Waals surface area (Å²) in [6, 6.07) is 17.4. The van der Waals surface area contributed by atoms with E-state index in [-0.39, 0.29) is 31.0 Å². The van der Waals surface area contributed by atoms with Crippen molar-refractivity contribution in [2.24, 2.45) is 11.1 Å². The first kappa shape index (κ1) is 20.5. The second-order valence-electron chi connectivity index (χ2n) is 7.61. The number of imidazole rings is 1. The Morgan fingerprint density at radius 2 is 1.80 bits per heavy atom. The van der Waals surface area contributed by atoms with Gasteiger partial charge in [-0.1, -0.05) is 42.5 Å². The van der Waals surface area contributed by atoms with Crippen LogP contribution in [0.2, 0.25) is 0 Å². The fourth-order valence-corrected chi connectivity index (χ4v) is 4.59. The van der Waals surface area contributed by atoms with Gasteiger partial charge in [-0.25, -0.2) is 10.1 Å². The van der Waals surface area contributed by atoms with Crippen molar-refractivity contribution >= 4 is 27.1 Å². The summed E-state index contributed by atoms with van der Waals surface area (Å²) >= 11 is 0. The van der Waals surface area contributed by atoms with Crippen molar-refractivity contribution in [2.45, 2.75) is 25.3 Å². The highest BCUT2D eigenvalue weighted by atomic mass is 32.2. The Morgan fingerprint density at radius 1 is 1.13 bits per heavy atom. The van der Waals surface area contributed by atoms with E-state index in [0.29, 0.717) is 25.1 Å². The normalized spacial score (nSPS) is 17.1. The predicted molar refractivity (Wildman–Crippen MR) is 115 cm³/mol. The van der Waals surface area contributed by atoms with Crippen molar-refractivity contribution in [3.05, 3.63) is 66.0 Å². The van der Waals surface area contributed by atoms with Crippen LogP contribution in [0.5, 0.6) is 0 Å². The lowest BCUT2D eigenvalue weighted by molar-refractivity contribution is -0.127. The number of para-hydroxylation sites is 2. The Bertz CT molecular complexity index is 1090. The maximum Gasteiger partial charge on any atom is 0.276 e. The predicted octanol–water partition coefficient (Wildman–Crippen LogP) is 1.88. The average Bonchev–Trinajstić information content (AvgIpc) is 3.18. The number of nitrogens with zero attached hydrogens (tertiary/aromatic N) is 2. The molecule has 2 aromatic carbocycles. The first-order valence-corrected chi connectivity index (χ1v) is 11.5. The van der Waals surface area contributed by atoms with Crippen LogP contribution >= 0.6 is 0 Å². The molecule has 0 aliphatic carbocycles. The van der Waals surface area contributed by atoms with Gasteiger partial charge in [-0.15, -0.1) is 0 Å². The molecule has 4 N–H and O–H groups in total. The third-order valence-corrected chi connectivity index (χ3v) is 6.61. The topological polar surface area (TPSA) is 121 Å². The van der Waals surface area contributed by atoms with Crippen LogP contribution in [-0.2, 0) is 21.4 Å². The van der Waals surface area contributed by atoms with Gasteiger partial charge in [-0.2, -0.15) is 12.7 Å². The number of fused-ring (bicyclic) bond motifs is 1. The molecule has 2 heterocycles. The number of benzene rings is 2. The van der Waals surface area contributed by atoms with Gasteiger partial charge < -0.3 is 10.3 Å². The summed E-state index contributed by atoms with van der Waals surface area (Å²) in [6.07, 6.45) is 1.49. The number of hydrogen-bond acceptors (Lipinski definition) is 4. The molecule has 9 heteroatoms. The van der Waals surface area contributed by atoms with Crippen molar-refractivity contribution in [1.82, 2.24) is 19.6 Å². The second kappa shape index (κ2) is 8.55. The highest BCUT2D eigenvalue weighted by Gasteiger charge is 2.31. The monoisotopic (exact) mass is 427 g/mol. The molecule has 158 valence electrons. The molecule has 1 atom stereocenters. The molecule has 1 aromatic heterocycles. The molecule has 1 saturated heterocycles. The summed E-state index contributed by atoms with van der Waals surface area (Å²) in [5.41, 5.74) is 2.86. The average molecular weight is 428 g/mol. The van der Waals surface area contributed by atoms with E-state index in [1.165, 1.54) is 4.31 Å². The molecule has 8 nitrogen and oxygen atoms in total. The minimum atomic E-state index is -3.71. The molecule has 30 heavy (non-hydrogen) atoms. The zero-order valence-corrected chi connectivity index (χ0v) is 17.3. The van der Waals surface area contributed by atoms with Gasteiger partial charge in [-0.3, -0.25) is 4.79 Å². The first-order chi connectivity index (χ1) is 14.4. The Hall–Kier alpha value is -2.75. The summed E-state index contributed by atoms with van der Waals surface area (Å²) in [7, 11) is -3.71. The number of nitrogens with one attached hydrogen (secondary N) is 2. The number of H-pyrrole nitrogens is 1. The zero-order chi connectivity index (χ0) is 21.1. The third-order valence-electron chi connectivity index (χ3n) is 5.52. The molecule has 1 fully saturated rings. The molecular formula is C21H25N5O3S. The number of aromatic amines is 1. The number of aromatic nitrogens is 2. The fraction of sp³-hybridized carbons (Fsp3) is 0.333. The molecule has 1 aliphatic rings. The van der Waals surface area contributed by atoms with E-state index >= 15 is 0 Å². The van der Waals surface area contributed by atoms with Gasteiger partial charge in [0.15, 0.2) is 0 Å². The van der Waals surface area contributed by atoms with Crippen LogP contribution in [-0.4, -0.2) is 41.7 Å². The maximum atomic E-state index is 13.0. The van der Waals surface area contributed by atoms with Gasteiger partial charge in [0.2, 0.25) is 5.91 Å². The lowest BCUT2D eigenvalue weighted by atomic mass is 9.96. The van der Waals surface area contributed by atoms with Crippen LogP contribution in [0.25, 0.3) is 11.0 Å². The van der Waals surface area contributed by atoms with Crippen LogP contribution in [0.3, 0.4) is 0 Å². The van der Waals surface area contributed by atoms with Crippen LogP contribution in [0.4, 0.5) is 0 Å². The maximum absolute atomic E-state index is 13.0. The number of carbonyl (C=O) groups is 1. The molecule has 4 rings (SSSR count). The lowest BCUT2D eigenvalue weighted by Gasteiger charge is -2.30. The lowest BCUT2D eigenvalue weighted by Crippen LogP contribution is -2.46.